The van der Waals surface area contributed by atoms with E-state index >= 15 is 0 Å². The van der Waals surface area contributed by atoms with Crippen LogP contribution in [0.15, 0.2) is 24.3 Å². The summed E-state index contributed by atoms with van der Waals surface area (Å²) >= 11 is 0. The van der Waals surface area contributed by atoms with E-state index in [1.807, 2.05) is 0 Å². The van der Waals surface area contributed by atoms with Crippen molar-refractivity contribution < 1.29 is 22.8 Å². The van der Waals surface area contributed by atoms with Gasteiger partial charge in [-0.15, -0.1) is 0 Å². The van der Waals surface area contributed by atoms with E-state index in [-0.39, 0.29) is 23.8 Å². The molecule has 0 N–H and O–H groups in total. The minimum absolute atomic E-state index is 0.123. The van der Waals surface area contributed by atoms with Gasteiger partial charge in [-0.3, -0.25) is 9.63 Å². The van der Waals surface area contributed by atoms with Gasteiger partial charge in [-0.05, 0) is 30.9 Å². The highest BCUT2D eigenvalue weighted by Crippen LogP contribution is 2.37. The van der Waals surface area contributed by atoms with Crippen LogP contribution in [0.5, 0.6) is 0 Å². The Morgan fingerprint density at radius 3 is 2.86 bits per heavy atom. The van der Waals surface area contributed by atoms with Crippen LogP contribution in [0.25, 0.3) is 0 Å². The highest BCUT2D eigenvalue weighted by Gasteiger charge is 2.47. The Morgan fingerprint density at radius 2 is 2.14 bits per heavy atom. The molecule has 1 aliphatic carbocycles. The molecular weight excluding hydrogens is 295 g/mol. The van der Waals surface area contributed by atoms with Gasteiger partial charge < -0.3 is 0 Å². The van der Waals surface area contributed by atoms with Gasteiger partial charge in [-0.1, -0.05) is 18.2 Å². The molecule has 1 heterocycles. The predicted octanol–water partition coefficient (Wildman–Crippen LogP) is 3.23. The van der Waals surface area contributed by atoms with Crippen molar-refractivity contribution in [2.24, 2.45) is 5.92 Å². The standard InChI is InChI=1S/C16H18F3NO2/c1-20-12(15-13(21)6-3-7-14(15)22-20)9-10-4-2-5-11(8-10)16(17,18)19/h2,4-5,8,12,14-15H,3,6-7,9H2,1H3/t12-,14+,15-/m1/s1. The third-order valence-electron chi connectivity index (χ3n) is 4.57. The molecule has 3 atom stereocenters. The summed E-state index contributed by atoms with van der Waals surface area (Å²) in [6, 6.07) is 5.11. The molecule has 0 unspecified atom stereocenters. The van der Waals surface area contributed by atoms with E-state index in [1.54, 1.807) is 18.2 Å². The van der Waals surface area contributed by atoms with Crippen LogP contribution in [0.2, 0.25) is 0 Å². The Hall–Kier alpha value is -1.40. The van der Waals surface area contributed by atoms with E-state index in [2.05, 4.69) is 0 Å². The fourth-order valence-corrected chi connectivity index (χ4v) is 3.50. The van der Waals surface area contributed by atoms with Crippen LogP contribution in [0.1, 0.15) is 30.4 Å². The SMILES string of the molecule is CN1O[C@H]2CCCC(=O)[C@H]2[C@H]1Cc1cccc(C(F)(F)F)c1. The van der Waals surface area contributed by atoms with E-state index in [1.165, 1.54) is 6.07 Å². The highest BCUT2D eigenvalue weighted by atomic mass is 19.4. The summed E-state index contributed by atoms with van der Waals surface area (Å²) in [5.41, 5.74) is -0.0765. The van der Waals surface area contributed by atoms with Crippen LogP contribution < -0.4 is 0 Å². The molecule has 1 aromatic rings. The molecule has 0 amide bonds. The Morgan fingerprint density at radius 1 is 1.36 bits per heavy atom. The molecule has 22 heavy (non-hydrogen) atoms. The van der Waals surface area contributed by atoms with Crippen molar-refractivity contribution in [3.63, 3.8) is 0 Å². The summed E-state index contributed by atoms with van der Waals surface area (Å²) in [6.07, 6.45) is -1.89. The van der Waals surface area contributed by atoms with E-state index < -0.39 is 11.7 Å². The van der Waals surface area contributed by atoms with Crippen LogP contribution in [-0.4, -0.2) is 30.0 Å². The smallest absolute Gasteiger partial charge is 0.299 e. The van der Waals surface area contributed by atoms with Crippen molar-refractivity contribution in [1.29, 1.82) is 0 Å². The Balaban J connectivity index is 1.81. The molecule has 1 saturated carbocycles. The summed E-state index contributed by atoms with van der Waals surface area (Å²) < 4.78 is 38.4. The molecule has 1 aliphatic heterocycles. The van der Waals surface area contributed by atoms with Crippen molar-refractivity contribution in [1.82, 2.24) is 5.06 Å². The van der Waals surface area contributed by atoms with Crippen LogP contribution in [-0.2, 0) is 22.2 Å². The maximum Gasteiger partial charge on any atom is 0.416 e. The first-order chi connectivity index (χ1) is 10.4. The van der Waals surface area contributed by atoms with E-state index in [9.17, 15) is 18.0 Å². The van der Waals surface area contributed by atoms with Crippen LogP contribution in [0.3, 0.4) is 0 Å². The molecule has 1 aromatic carbocycles. The molecule has 2 aliphatic rings. The molecule has 0 spiro atoms. The van der Waals surface area contributed by atoms with Crippen molar-refractivity contribution in [2.45, 2.75) is 44.0 Å². The summed E-state index contributed by atoms with van der Waals surface area (Å²) in [5.74, 6) is -0.0640. The van der Waals surface area contributed by atoms with E-state index in [0.717, 1.165) is 25.0 Å². The maximum atomic E-state index is 12.8. The van der Waals surface area contributed by atoms with Crippen LogP contribution in [0.4, 0.5) is 13.2 Å². The molecule has 120 valence electrons. The number of likely N-dealkylation sites (N-methyl/N-ethyl adjacent to an activating group) is 1. The van der Waals surface area contributed by atoms with Gasteiger partial charge in [0.05, 0.1) is 23.6 Å². The average molecular weight is 313 g/mol. The number of carbonyl (C=O) groups excluding carboxylic acids is 1. The lowest BCUT2D eigenvalue weighted by atomic mass is 9.79. The number of fused-ring (bicyclic) bond motifs is 1. The molecule has 0 radical (unpaired) electrons. The third-order valence-corrected chi connectivity index (χ3v) is 4.57. The zero-order chi connectivity index (χ0) is 15.9. The lowest BCUT2D eigenvalue weighted by molar-refractivity contribution is -0.149. The van der Waals surface area contributed by atoms with Crippen molar-refractivity contribution in [2.75, 3.05) is 7.05 Å². The van der Waals surface area contributed by atoms with Crippen LogP contribution in [0, 0.1) is 5.92 Å². The normalized spacial score (nSPS) is 29.6. The highest BCUT2D eigenvalue weighted by molar-refractivity contribution is 5.83. The number of hydrogen-bond donors (Lipinski definition) is 0. The minimum atomic E-state index is -4.35. The zero-order valence-electron chi connectivity index (χ0n) is 12.3. The molecule has 6 heteroatoms. The fourth-order valence-electron chi connectivity index (χ4n) is 3.50. The maximum absolute atomic E-state index is 12.8. The molecule has 3 rings (SSSR count). The number of hydrogen-bond acceptors (Lipinski definition) is 3. The van der Waals surface area contributed by atoms with E-state index in [4.69, 9.17) is 4.84 Å². The second kappa shape index (κ2) is 5.66. The van der Waals surface area contributed by atoms with Gasteiger partial charge in [0.1, 0.15) is 5.78 Å². The number of benzene rings is 1. The topological polar surface area (TPSA) is 29.5 Å². The Labute approximate surface area is 127 Å². The van der Waals surface area contributed by atoms with Crippen LogP contribution >= 0.6 is 0 Å². The van der Waals surface area contributed by atoms with Gasteiger partial charge in [0, 0.05) is 13.5 Å². The number of halogens is 3. The van der Waals surface area contributed by atoms with Gasteiger partial charge >= 0.3 is 6.18 Å². The average Bonchev–Trinajstić information content (AvgIpc) is 2.76. The summed E-state index contributed by atoms with van der Waals surface area (Å²) in [7, 11) is 1.75. The number of alkyl halides is 3. The van der Waals surface area contributed by atoms with Crippen molar-refractivity contribution in [3.05, 3.63) is 35.4 Å². The largest absolute Gasteiger partial charge is 0.416 e. The molecular formula is C16H18F3NO2. The fraction of sp³-hybridized carbons (Fsp3) is 0.562. The molecule has 2 fully saturated rings. The second-order valence-corrected chi connectivity index (χ2v) is 6.04. The molecule has 1 saturated heterocycles. The van der Waals surface area contributed by atoms with Gasteiger partial charge in [0.15, 0.2) is 0 Å². The zero-order valence-corrected chi connectivity index (χ0v) is 12.3. The van der Waals surface area contributed by atoms with E-state index in [0.29, 0.717) is 18.4 Å². The summed E-state index contributed by atoms with van der Waals surface area (Å²) in [6.45, 7) is 0. The summed E-state index contributed by atoms with van der Waals surface area (Å²) in [4.78, 5) is 17.9. The monoisotopic (exact) mass is 313 g/mol. The second-order valence-electron chi connectivity index (χ2n) is 6.04. The van der Waals surface area contributed by atoms with Gasteiger partial charge in [-0.2, -0.15) is 18.2 Å². The number of ketones is 1. The Bertz CT molecular complexity index is 573. The van der Waals surface area contributed by atoms with Gasteiger partial charge in [0.2, 0.25) is 0 Å². The molecule has 0 aromatic heterocycles. The lowest BCUT2D eigenvalue weighted by Crippen LogP contribution is -2.38. The number of Topliss-reactive ketones (excluding diaryl/α,β-unsaturated/α-hetero) is 1. The predicted molar refractivity (Wildman–Crippen MR) is 73.9 cm³/mol. The first-order valence-corrected chi connectivity index (χ1v) is 7.45. The minimum Gasteiger partial charge on any atom is -0.299 e. The van der Waals surface area contributed by atoms with Gasteiger partial charge in [0.25, 0.3) is 0 Å². The quantitative estimate of drug-likeness (QED) is 0.839. The Kier molecular flexibility index (Phi) is 3.99. The third kappa shape index (κ3) is 2.90. The molecule has 0 bridgehead atoms. The number of carbonyl (C=O) groups is 1. The van der Waals surface area contributed by atoms with Crippen molar-refractivity contribution in [3.8, 4) is 0 Å². The summed E-state index contributed by atoms with van der Waals surface area (Å²) in [5, 5.41) is 1.65. The van der Waals surface area contributed by atoms with Crippen molar-refractivity contribution >= 4 is 5.78 Å². The number of nitrogens with zero attached hydrogens (tertiary/aromatic N) is 1. The first-order valence-electron chi connectivity index (χ1n) is 7.45. The lowest BCUT2D eigenvalue weighted by Gasteiger charge is -2.25. The number of rotatable bonds is 2. The molecule has 3 nitrogen and oxygen atoms in total. The first kappa shape index (κ1) is 15.5. The van der Waals surface area contributed by atoms with Gasteiger partial charge in [-0.25, -0.2) is 0 Å². The number of hydroxylamine groups is 2.